The highest BCUT2D eigenvalue weighted by Crippen LogP contribution is 2.28. The Bertz CT molecular complexity index is 1060. The third-order valence-electron chi connectivity index (χ3n) is 4.10. The van der Waals surface area contributed by atoms with Crippen LogP contribution in [0.25, 0.3) is 16.3 Å². The number of aliphatic hydroxyl groups excluding tert-OH is 1. The van der Waals surface area contributed by atoms with Gasteiger partial charge >= 0.3 is 0 Å². The lowest BCUT2D eigenvalue weighted by Crippen LogP contribution is -2.12. The number of nitrogens with one attached hydrogen (secondary N) is 1. The van der Waals surface area contributed by atoms with Gasteiger partial charge in [0, 0.05) is 11.9 Å². The molecule has 0 atom stereocenters. The molecule has 2 N–H and O–H groups in total. The quantitative estimate of drug-likeness (QED) is 0.545. The summed E-state index contributed by atoms with van der Waals surface area (Å²) in [5.41, 5.74) is 3.40. The Morgan fingerprint density at radius 2 is 1.93 bits per heavy atom. The van der Waals surface area contributed by atoms with Gasteiger partial charge in [-0.2, -0.15) is 5.10 Å². The summed E-state index contributed by atoms with van der Waals surface area (Å²) in [7, 11) is 0. The molecule has 2 aromatic carbocycles. The van der Waals surface area contributed by atoms with Crippen molar-refractivity contribution < 1.29 is 9.90 Å². The molecule has 0 spiro atoms. The number of benzene rings is 2. The van der Waals surface area contributed by atoms with Crippen molar-refractivity contribution in [1.82, 2.24) is 9.78 Å². The first kappa shape index (κ1) is 17.2. The highest BCUT2D eigenvalue weighted by molar-refractivity contribution is 7.13. The Hall–Kier alpha value is -3.22. The van der Waals surface area contributed by atoms with Crippen LogP contribution in [0.5, 0.6) is 0 Å². The molecule has 134 valence electrons. The van der Waals surface area contributed by atoms with Crippen LogP contribution in [0.2, 0.25) is 0 Å². The molecule has 0 saturated heterocycles. The monoisotopic (exact) mass is 375 g/mol. The first-order valence-corrected chi connectivity index (χ1v) is 9.32. The molecule has 2 aromatic heterocycles. The van der Waals surface area contributed by atoms with Crippen molar-refractivity contribution in [2.24, 2.45) is 0 Å². The third kappa shape index (κ3) is 3.67. The van der Waals surface area contributed by atoms with E-state index in [0.29, 0.717) is 16.9 Å². The van der Waals surface area contributed by atoms with Gasteiger partial charge in [0.25, 0.3) is 5.91 Å². The van der Waals surface area contributed by atoms with Crippen LogP contribution < -0.4 is 5.32 Å². The first-order valence-electron chi connectivity index (χ1n) is 8.45. The molecule has 2 heterocycles. The van der Waals surface area contributed by atoms with Crippen LogP contribution in [0.4, 0.5) is 5.69 Å². The van der Waals surface area contributed by atoms with E-state index < -0.39 is 0 Å². The van der Waals surface area contributed by atoms with E-state index >= 15 is 0 Å². The van der Waals surface area contributed by atoms with E-state index in [-0.39, 0.29) is 12.5 Å². The van der Waals surface area contributed by atoms with Crippen LogP contribution in [0.15, 0.2) is 78.3 Å². The number of amides is 1. The number of anilines is 1. The summed E-state index contributed by atoms with van der Waals surface area (Å²) >= 11 is 1.54. The van der Waals surface area contributed by atoms with Crippen molar-refractivity contribution in [3.05, 3.63) is 89.4 Å². The Balaban J connectivity index is 1.72. The maximum atomic E-state index is 13.0. The second-order valence-corrected chi connectivity index (χ2v) is 6.91. The second-order valence-electron chi connectivity index (χ2n) is 5.96. The molecule has 0 aliphatic heterocycles. The fraction of sp³-hybridized carbons (Fsp3) is 0.0476. The molecule has 4 rings (SSSR count). The molecule has 6 heteroatoms. The number of aliphatic hydroxyl groups is 1. The van der Waals surface area contributed by atoms with Crippen molar-refractivity contribution in [2.45, 2.75) is 6.61 Å². The topological polar surface area (TPSA) is 67.2 Å². The lowest BCUT2D eigenvalue weighted by atomic mass is 10.2. The van der Waals surface area contributed by atoms with Crippen LogP contribution >= 0.6 is 11.3 Å². The summed E-state index contributed by atoms with van der Waals surface area (Å²) in [4.78, 5) is 13.9. The summed E-state index contributed by atoms with van der Waals surface area (Å²) in [6, 6.07) is 20.7. The van der Waals surface area contributed by atoms with Gasteiger partial charge in [0.2, 0.25) is 0 Å². The average Bonchev–Trinajstić information content (AvgIpc) is 3.38. The molecule has 0 bridgehead atoms. The van der Waals surface area contributed by atoms with Crippen molar-refractivity contribution in [1.29, 1.82) is 0 Å². The predicted molar refractivity (Wildman–Crippen MR) is 107 cm³/mol. The fourth-order valence-corrected chi connectivity index (χ4v) is 3.52. The Kier molecular flexibility index (Phi) is 4.82. The summed E-state index contributed by atoms with van der Waals surface area (Å²) in [5.74, 6) is -0.240. The number of hydrogen-bond donors (Lipinski definition) is 2. The lowest BCUT2D eigenvalue weighted by Gasteiger charge is -2.06. The molecule has 27 heavy (non-hydrogen) atoms. The van der Waals surface area contributed by atoms with Crippen molar-refractivity contribution in [2.75, 3.05) is 5.32 Å². The Labute approximate surface area is 160 Å². The number of thiophene rings is 1. The van der Waals surface area contributed by atoms with Gasteiger partial charge in [-0.05, 0) is 41.3 Å². The van der Waals surface area contributed by atoms with Gasteiger partial charge in [-0.15, -0.1) is 11.3 Å². The van der Waals surface area contributed by atoms with Gasteiger partial charge in [-0.25, -0.2) is 4.68 Å². The van der Waals surface area contributed by atoms with Crippen LogP contribution in [-0.4, -0.2) is 20.8 Å². The zero-order chi connectivity index (χ0) is 18.6. The Morgan fingerprint density at radius 1 is 1.07 bits per heavy atom. The third-order valence-corrected chi connectivity index (χ3v) is 4.98. The van der Waals surface area contributed by atoms with Crippen molar-refractivity contribution >= 4 is 22.9 Å². The van der Waals surface area contributed by atoms with E-state index in [1.807, 2.05) is 47.8 Å². The van der Waals surface area contributed by atoms with E-state index in [0.717, 1.165) is 16.1 Å². The van der Waals surface area contributed by atoms with Gasteiger partial charge in [0.05, 0.1) is 22.7 Å². The maximum absolute atomic E-state index is 13.0. The lowest BCUT2D eigenvalue weighted by molar-refractivity contribution is 0.102. The van der Waals surface area contributed by atoms with Gasteiger partial charge < -0.3 is 10.4 Å². The Morgan fingerprint density at radius 3 is 2.67 bits per heavy atom. The summed E-state index contributed by atoms with van der Waals surface area (Å²) in [5, 5.41) is 18.8. The molecule has 0 aliphatic carbocycles. The van der Waals surface area contributed by atoms with Crippen LogP contribution in [-0.2, 0) is 6.61 Å². The number of rotatable bonds is 5. The predicted octanol–water partition coefficient (Wildman–Crippen LogP) is 4.35. The van der Waals surface area contributed by atoms with Gasteiger partial charge in [0.15, 0.2) is 0 Å². The average molecular weight is 375 g/mol. The van der Waals surface area contributed by atoms with Gasteiger partial charge in [-0.1, -0.05) is 36.4 Å². The number of carbonyl (C=O) groups is 1. The van der Waals surface area contributed by atoms with E-state index in [2.05, 4.69) is 10.4 Å². The molecule has 0 aliphatic rings. The molecule has 0 fully saturated rings. The van der Waals surface area contributed by atoms with Gasteiger partial charge in [0.1, 0.15) is 5.69 Å². The molecule has 4 aromatic rings. The molecule has 5 nitrogen and oxygen atoms in total. The standard InChI is InChI=1S/C21H17N3O2S/c25-14-15-6-4-7-16(12-15)22-21(26)18-13-24(17-8-2-1-3-9-17)23-20(18)19-10-5-11-27-19/h1-13,25H,14H2,(H,22,26). The minimum atomic E-state index is -0.240. The first-order chi connectivity index (χ1) is 13.2. The van der Waals surface area contributed by atoms with Crippen LogP contribution in [0.3, 0.4) is 0 Å². The van der Waals surface area contributed by atoms with Crippen LogP contribution in [0.1, 0.15) is 15.9 Å². The SMILES string of the molecule is O=C(Nc1cccc(CO)c1)c1cn(-c2ccccc2)nc1-c1cccs1. The number of aromatic nitrogens is 2. The van der Waals surface area contributed by atoms with Gasteiger partial charge in [-0.3, -0.25) is 4.79 Å². The maximum Gasteiger partial charge on any atom is 0.259 e. The highest BCUT2D eigenvalue weighted by atomic mass is 32.1. The molecule has 0 saturated carbocycles. The van der Waals surface area contributed by atoms with E-state index in [9.17, 15) is 9.90 Å². The largest absolute Gasteiger partial charge is 0.392 e. The minimum absolute atomic E-state index is 0.0733. The normalized spacial score (nSPS) is 10.7. The molecule has 1 amide bonds. The summed E-state index contributed by atoms with van der Waals surface area (Å²) in [6.45, 7) is -0.0733. The zero-order valence-electron chi connectivity index (χ0n) is 14.4. The van der Waals surface area contributed by atoms with Crippen LogP contribution in [0, 0.1) is 0 Å². The summed E-state index contributed by atoms with van der Waals surface area (Å²) < 4.78 is 1.72. The van der Waals surface area contributed by atoms with E-state index in [4.69, 9.17) is 0 Å². The van der Waals surface area contributed by atoms with E-state index in [1.165, 1.54) is 11.3 Å². The summed E-state index contributed by atoms with van der Waals surface area (Å²) in [6.07, 6.45) is 1.75. The highest BCUT2D eigenvalue weighted by Gasteiger charge is 2.19. The van der Waals surface area contributed by atoms with E-state index in [1.54, 1.807) is 35.1 Å². The zero-order valence-corrected chi connectivity index (χ0v) is 15.2. The van der Waals surface area contributed by atoms with Crippen molar-refractivity contribution in [3.8, 4) is 16.3 Å². The minimum Gasteiger partial charge on any atom is -0.392 e. The number of para-hydroxylation sites is 1. The molecular formula is C21H17N3O2S. The molecule has 0 unspecified atom stereocenters. The molecular weight excluding hydrogens is 358 g/mol. The smallest absolute Gasteiger partial charge is 0.259 e. The number of nitrogens with zero attached hydrogens (tertiary/aromatic N) is 2. The molecule has 0 radical (unpaired) electrons. The number of carbonyl (C=O) groups excluding carboxylic acids is 1. The second kappa shape index (κ2) is 7.57. The number of hydrogen-bond acceptors (Lipinski definition) is 4. The van der Waals surface area contributed by atoms with Crippen molar-refractivity contribution in [3.63, 3.8) is 0 Å². The fourth-order valence-electron chi connectivity index (χ4n) is 2.79.